The number of aliphatic carboxylic acids is 2. The summed E-state index contributed by atoms with van der Waals surface area (Å²) in [6.45, 7) is 6.46. The van der Waals surface area contributed by atoms with Gasteiger partial charge in [0.2, 0.25) is 47.3 Å². The Kier molecular flexibility index (Phi) is 20.1. The standard InChI is InChI=1S/C36H59N9O14/c1-17(2)14-23(36(58)59)42-32(54)22(10-11-27(49)50)41-34(56)25-9-7-13-45(25)26(48)15-38-29(51)18(3)39-33(55)24(16-46)43-35(57)28(20(5)47)44-30(52)19(4)40-31(53)21-8-6-12-37-21/h17-25,28,37,46-47H,6-16H2,1-5H3,(H,38,51)(H,39,55)(H,40,53)(H,41,56)(H,42,54)(H,43,57)(H,44,52)(H,49,50)(H,58,59)/t18-,19-,20+,21-,22-,23-,24-,25-,28-/m0/s1. The van der Waals surface area contributed by atoms with E-state index in [1.165, 1.54) is 20.8 Å². The van der Waals surface area contributed by atoms with E-state index in [4.69, 9.17) is 0 Å². The number of likely N-dealkylation sites (tertiary alicyclic amines) is 1. The van der Waals surface area contributed by atoms with Gasteiger partial charge in [-0.3, -0.25) is 43.2 Å². The molecule has 2 heterocycles. The zero-order valence-electron chi connectivity index (χ0n) is 33.9. The second-order valence-electron chi connectivity index (χ2n) is 15.1. The number of aliphatic hydroxyl groups is 2. The van der Waals surface area contributed by atoms with Gasteiger partial charge in [-0.1, -0.05) is 13.8 Å². The molecule has 23 heteroatoms. The summed E-state index contributed by atoms with van der Waals surface area (Å²) in [5.41, 5.74) is 0. The summed E-state index contributed by atoms with van der Waals surface area (Å²) >= 11 is 0. The minimum Gasteiger partial charge on any atom is -0.481 e. The molecule has 9 atom stereocenters. The van der Waals surface area contributed by atoms with E-state index in [2.05, 4.69) is 42.5 Å². The van der Waals surface area contributed by atoms with E-state index in [1.54, 1.807) is 13.8 Å². The molecule has 0 aromatic rings. The largest absolute Gasteiger partial charge is 0.481 e. The number of hydrogen-bond acceptors (Lipinski definition) is 13. The van der Waals surface area contributed by atoms with Gasteiger partial charge in [0.05, 0.1) is 25.3 Å². The first-order valence-corrected chi connectivity index (χ1v) is 19.5. The van der Waals surface area contributed by atoms with Crippen molar-refractivity contribution >= 4 is 59.2 Å². The van der Waals surface area contributed by atoms with Crippen LogP contribution in [0.5, 0.6) is 0 Å². The molecule has 0 spiro atoms. The monoisotopic (exact) mass is 841 g/mol. The summed E-state index contributed by atoms with van der Waals surface area (Å²) in [7, 11) is 0. The number of rotatable bonds is 23. The molecule has 23 nitrogen and oxygen atoms in total. The molecule has 0 unspecified atom stereocenters. The molecule has 2 saturated heterocycles. The van der Waals surface area contributed by atoms with Gasteiger partial charge in [0.25, 0.3) is 0 Å². The minimum atomic E-state index is -1.65. The van der Waals surface area contributed by atoms with Crippen molar-refractivity contribution in [3.8, 4) is 0 Å². The van der Waals surface area contributed by atoms with Crippen LogP contribution in [0.1, 0.15) is 79.6 Å². The number of amides is 8. The van der Waals surface area contributed by atoms with Crippen LogP contribution in [0.3, 0.4) is 0 Å². The molecule has 2 rings (SSSR count). The molecule has 332 valence electrons. The number of hydrogen-bond donors (Lipinski definition) is 12. The molecule has 0 aliphatic carbocycles. The van der Waals surface area contributed by atoms with Crippen molar-refractivity contribution in [2.24, 2.45) is 5.92 Å². The number of carboxylic acids is 2. The van der Waals surface area contributed by atoms with E-state index in [0.29, 0.717) is 19.4 Å². The van der Waals surface area contributed by atoms with E-state index < -0.39 is 133 Å². The van der Waals surface area contributed by atoms with Gasteiger partial charge in [-0.15, -0.1) is 0 Å². The van der Waals surface area contributed by atoms with Crippen LogP contribution in [0.4, 0.5) is 0 Å². The van der Waals surface area contributed by atoms with E-state index in [9.17, 15) is 68.4 Å². The van der Waals surface area contributed by atoms with Crippen molar-refractivity contribution < 1.29 is 68.4 Å². The zero-order chi connectivity index (χ0) is 44.6. The van der Waals surface area contributed by atoms with Crippen molar-refractivity contribution in [3.63, 3.8) is 0 Å². The second kappa shape index (κ2) is 23.9. The van der Waals surface area contributed by atoms with E-state index in [0.717, 1.165) is 11.3 Å². The summed E-state index contributed by atoms with van der Waals surface area (Å²) in [5.74, 6) is -9.28. The highest BCUT2D eigenvalue weighted by Gasteiger charge is 2.37. The first-order chi connectivity index (χ1) is 27.7. The highest BCUT2D eigenvalue weighted by Crippen LogP contribution is 2.18. The maximum Gasteiger partial charge on any atom is 0.326 e. The number of carbonyl (C=O) groups excluding carboxylic acids is 8. The Morgan fingerprint density at radius 2 is 1.32 bits per heavy atom. The van der Waals surface area contributed by atoms with E-state index >= 15 is 0 Å². The smallest absolute Gasteiger partial charge is 0.326 e. The summed E-state index contributed by atoms with van der Waals surface area (Å²) in [6.07, 6.45) is -0.383. The van der Waals surface area contributed by atoms with Gasteiger partial charge >= 0.3 is 11.9 Å². The maximum absolute atomic E-state index is 13.3. The van der Waals surface area contributed by atoms with Gasteiger partial charge < -0.3 is 67.9 Å². The average molecular weight is 842 g/mol. The fourth-order valence-corrected chi connectivity index (χ4v) is 6.33. The van der Waals surface area contributed by atoms with Crippen LogP contribution in [0.2, 0.25) is 0 Å². The normalized spacial score (nSPS) is 19.8. The number of nitrogens with one attached hydrogen (secondary N) is 8. The first-order valence-electron chi connectivity index (χ1n) is 19.5. The van der Waals surface area contributed by atoms with Crippen molar-refractivity contribution in [1.29, 1.82) is 0 Å². The Labute approximate surface area is 340 Å². The van der Waals surface area contributed by atoms with E-state index in [-0.39, 0.29) is 31.7 Å². The number of aliphatic hydroxyl groups excluding tert-OH is 2. The zero-order valence-corrected chi connectivity index (χ0v) is 33.9. The molecular weight excluding hydrogens is 782 g/mol. The lowest BCUT2D eigenvalue weighted by Crippen LogP contribution is -2.61. The quantitative estimate of drug-likeness (QED) is 0.0459. The molecule has 8 amide bonds. The molecule has 59 heavy (non-hydrogen) atoms. The van der Waals surface area contributed by atoms with Crippen LogP contribution in [0.25, 0.3) is 0 Å². The van der Waals surface area contributed by atoms with Crippen LogP contribution >= 0.6 is 0 Å². The number of carboxylic acid groups (broad SMARTS) is 2. The van der Waals surface area contributed by atoms with Crippen molar-refractivity contribution in [3.05, 3.63) is 0 Å². The Hall–Kier alpha value is -5.42. The summed E-state index contributed by atoms with van der Waals surface area (Å²) < 4.78 is 0. The lowest BCUT2D eigenvalue weighted by atomic mass is 10.0. The van der Waals surface area contributed by atoms with Crippen LogP contribution < -0.4 is 42.5 Å². The Balaban J connectivity index is 1.96. The molecular formula is C36H59N9O14. The van der Waals surface area contributed by atoms with Crippen LogP contribution in [0.15, 0.2) is 0 Å². The lowest BCUT2D eigenvalue weighted by Gasteiger charge is -2.27. The molecule has 2 aliphatic rings. The number of nitrogens with zero attached hydrogens (tertiary/aromatic N) is 1. The fraction of sp³-hybridized carbons (Fsp3) is 0.722. The maximum atomic E-state index is 13.3. The average Bonchev–Trinajstić information content (AvgIpc) is 3.89. The molecule has 2 fully saturated rings. The lowest BCUT2D eigenvalue weighted by molar-refractivity contribution is -0.144. The highest BCUT2D eigenvalue weighted by molar-refractivity contribution is 5.97. The Bertz CT molecular complexity index is 1550. The van der Waals surface area contributed by atoms with E-state index in [1.807, 2.05) is 0 Å². The van der Waals surface area contributed by atoms with Gasteiger partial charge in [-0.05, 0) is 71.8 Å². The summed E-state index contributed by atoms with van der Waals surface area (Å²) in [5, 5.41) is 58.2. The minimum absolute atomic E-state index is 0.0749. The fourth-order valence-electron chi connectivity index (χ4n) is 6.33. The molecule has 0 bridgehead atoms. The topological polar surface area (TPSA) is 351 Å². The van der Waals surface area contributed by atoms with Crippen LogP contribution in [0, 0.1) is 5.92 Å². The van der Waals surface area contributed by atoms with Gasteiger partial charge in [0.15, 0.2) is 0 Å². The van der Waals surface area contributed by atoms with Gasteiger partial charge in [0, 0.05) is 13.0 Å². The predicted molar refractivity (Wildman–Crippen MR) is 204 cm³/mol. The molecule has 0 aromatic heterocycles. The molecule has 0 aromatic carbocycles. The molecule has 12 N–H and O–H groups in total. The summed E-state index contributed by atoms with van der Waals surface area (Å²) in [6, 6.07) is -9.98. The van der Waals surface area contributed by atoms with Crippen molar-refractivity contribution in [1.82, 2.24) is 47.4 Å². The van der Waals surface area contributed by atoms with Gasteiger partial charge in [-0.25, -0.2) is 4.79 Å². The highest BCUT2D eigenvalue weighted by atomic mass is 16.4. The Morgan fingerprint density at radius 3 is 1.88 bits per heavy atom. The van der Waals surface area contributed by atoms with Crippen molar-refractivity contribution in [2.45, 2.75) is 134 Å². The third-order valence-corrected chi connectivity index (χ3v) is 9.65. The number of carbonyl (C=O) groups is 10. The van der Waals surface area contributed by atoms with Crippen molar-refractivity contribution in [2.75, 3.05) is 26.2 Å². The Morgan fingerprint density at radius 1 is 0.695 bits per heavy atom. The second-order valence-corrected chi connectivity index (χ2v) is 15.1. The first kappa shape index (κ1) is 49.7. The predicted octanol–water partition coefficient (Wildman–Crippen LogP) is -4.84. The molecule has 0 saturated carbocycles. The van der Waals surface area contributed by atoms with Gasteiger partial charge in [-0.2, -0.15) is 0 Å². The molecule has 0 radical (unpaired) electrons. The van der Waals surface area contributed by atoms with Gasteiger partial charge in [0.1, 0.15) is 42.3 Å². The summed E-state index contributed by atoms with van der Waals surface area (Å²) in [4.78, 5) is 128. The SMILES string of the molecule is CC(C)C[C@H](NC(=O)[C@H](CCC(=O)O)NC(=O)[C@@H]1CCCN1C(=O)CNC(=O)[C@H](C)NC(=O)[C@H](CO)NC(=O)[C@@H](NC(=O)[C@H](C)NC(=O)[C@@H]1CCCN1)[C@@H](C)O)C(=O)O. The molecule has 2 aliphatic heterocycles. The third-order valence-electron chi connectivity index (χ3n) is 9.65. The third kappa shape index (κ3) is 16.0. The van der Waals surface area contributed by atoms with Crippen LogP contribution in [-0.4, -0.2) is 165 Å². The van der Waals surface area contributed by atoms with Crippen LogP contribution in [-0.2, 0) is 47.9 Å².